The number of H-pyrrole nitrogens is 1. The molecular formula is C20H27BN2O6. The Morgan fingerprint density at radius 1 is 1.17 bits per heavy atom. The van der Waals surface area contributed by atoms with Gasteiger partial charge in [0, 0.05) is 17.9 Å². The van der Waals surface area contributed by atoms with Crippen molar-refractivity contribution in [3.63, 3.8) is 0 Å². The zero-order chi connectivity index (χ0) is 21.4. The average molecular weight is 402 g/mol. The van der Waals surface area contributed by atoms with Crippen LogP contribution in [0.1, 0.15) is 38.3 Å². The summed E-state index contributed by atoms with van der Waals surface area (Å²) in [6.07, 6.45) is 1.87. The molecule has 0 aliphatic rings. The standard InChI is InChI=1S/C20H27BN2O6/c1-5-27-18(25)9-14(20(26)28-6-2)7-13-8-17(21-4)19-15(10-22-23-19)16(13)11-29-12(3)24/h8,10,14,21H,5-7,9,11H2,1-4H3,(H,22,23)/t14-/m0/s1. The Morgan fingerprint density at radius 2 is 1.90 bits per heavy atom. The predicted octanol–water partition coefficient (Wildman–Crippen LogP) is 1.41. The van der Waals surface area contributed by atoms with Gasteiger partial charge >= 0.3 is 17.9 Å². The summed E-state index contributed by atoms with van der Waals surface area (Å²) < 4.78 is 15.4. The highest BCUT2D eigenvalue weighted by atomic mass is 16.5. The van der Waals surface area contributed by atoms with Gasteiger partial charge in [0.25, 0.3) is 0 Å². The first-order valence-electron chi connectivity index (χ1n) is 9.83. The molecule has 2 aromatic rings. The van der Waals surface area contributed by atoms with Gasteiger partial charge in [-0.1, -0.05) is 18.4 Å². The smallest absolute Gasteiger partial charge is 0.309 e. The number of nitrogens with one attached hydrogen (secondary N) is 1. The van der Waals surface area contributed by atoms with Gasteiger partial charge in [-0.25, -0.2) is 0 Å². The summed E-state index contributed by atoms with van der Waals surface area (Å²) in [6.45, 7) is 7.32. The van der Waals surface area contributed by atoms with Crippen LogP contribution in [-0.4, -0.2) is 48.6 Å². The molecule has 0 radical (unpaired) electrons. The topological polar surface area (TPSA) is 108 Å². The minimum absolute atomic E-state index is 0.0552. The molecule has 156 valence electrons. The highest BCUT2D eigenvalue weighted by Gasteiger charge is 2.27. The summed E-state index contributed by atoms with van der Waals surface area (Å²) in [5.74, 6) is -2.00. The van der Waals surface area contributed by atoms with Crippen LogP contribution in [0.3, 0.4) is 0 Å². The number of esters is 3. The van der Waals surface area contributed by atoms with Crippen molar-refractivity contribution in [3.05, 3.63) is 23.4 Å². The lowest BCUT2D eigenvalue weighted by atomic mass is 9.70. The van der Waals surface area contributed by atoms with Gasteiger partial charge in [-0.3, -0.25) is 19.5 Å². The molecule has 0 fully saturated rings. The fraction of sp³-hybridized carbons (Fsp3) is 0.500. The van der Waals surface area contributed by atoms with Gasteiger partial charge in [0.15, 0.2) is 7.28 Å². The van der Waals surface area contributed by atoms with Gasteiger partial charge in [-0.05, 0) is 25.8 Å². The van der Waals surface area contributed by atoms with E-state index < -0.39 is 23.8 Å². The third-order valence-electron chi connectivity index (χ3n) is 4.63. The fourth-order valence-electron chi connectivity index (χ4n) is 3.29. The molecule has 1 N–H and O–H groups in total. The number of carbonyl (C=O) groups excluding carboxylic acids is 3. The monoisotopic (exact) mass is 402 g/mol. The normalized spacial score (nSPS) is 11.7. The third-order valence-corrected chi connectivity index (χ3v) is 4.63. The number of benzene rings is 1. The van der Waals surface area contributed by atoms with Crippen LogP contribution in [0.25, 0.3) is 10.9 Å². The lowest BCUT2D eigenvalue weighted by molar-refractivity contribution is -0.154. The molecule has 0 unspecified atom stereocenters. The van der Waals surface area contributed by atoms with Gasteiger partial charge in [0.2, 0.25) is 0 Å². The van der Waals surface area contributed by atoms with Crippen molar-refractivity contribution < 1.29 is 28.6 Å². The Morgan fingerprint density at radius 3 is 2.52 bits per heavy atom. The second-order valence-corrected chi connectivity index (χ2v) is 6.63. The molecule has 1 aromatic heterocycles. The minimum Gasteiger partial charge on any atom is -0.466 e. The van der Waals surface area contributed by atoms with Crippen LogP contribution in [-0.2, 0) is 41.6 Å². The first-order valence-corrected chi connectivity index (χ1v) is 9.83. The molecule has 9 heteroatoms. The number of rotatable bonds is 10. The fourth-order valence-corrected chi connectivity index (χ4v) is 3.29. The molecule has 0 saturated heterocycles. The van der Waals surface area contributed by atoms with Gasteiger partial charge in [0.1, 0.15) is 6.61 Å². The molecule has 1 aromatic carbocycles. The number of hydrogen-bond donors (Lipinski definition) is 1. The second-order valence-electron chi connectivity index (χ2n) is 6.63. The van der Waals surface area contributed by atoms with Crippen molar-refractivity contribution in [1.29, 1.82) is 0 Å². The van der Waals surface area contributed by atoms with Crippen molar-refractivity contribution in [2.45, 2.75) is 47.0 Å². The molecule has 0 amide bonds. The summed E-state index contributed by atoms with van der Waals surface area (Å²) in [7, 11) is 0.751. The van der Waals surface area contributed by atoms with Crippen LogP contribution < -0.4 is 5.46 Å². The zero-order valence-electron chi connectivity index (χ0n) is 17.4. The molecule has 1 heterocycles. The van der Waals surface area contributed by atoms with E-state index in [-0.39, 0.29) is 32.7 Å². The maximum absolute atomic E-state index is 12.5. The van der Waals surface area contributed by atoms with E-state index in [1.807, 2.05) is 12.9 Å². The van der Waals surface area contributed by atoms with Crippen molar-refractivity contribution in [2.75, 3.05) is 13.2 Å². The first-order chi connectivity index (χ1) is 13.9. The van der Waals surface area contributed by atoms with Crippen LogP contribution in [0, 0.1) is 5.92 Å². The number of ether oxygens (including phenoxy) is 3. The van der Waals surface area contributed by atoms with E-state index in [2.05, 4.69) is 10.2 Å². The number of aromatic nitrogens is 2. The average Bonchev–Trinajstić information content (AvgIpc) is 3.16. The number of nitrogens with zero attached hydrogens (tertiary/aromatic N) is 1. The van der Waals surface area contributed by atoms with Gasteiger partial charge in [-0.2, -0.15) is 5.10 Å². The molecule has 0 spiro atoms. The third kappa shape index (κ3) is 5.82. The molecule has 0 saturated carbocycles. The van der Waals surface area contributed by atoms with Crippen molar-refractivity contribution in [3.8, 4) is 0 Å². The molecule has 0 aliphatic carbocycles. The van der Waals surface area contributed by atoms with E-state index in [0.717, 1.165) is 34.8 Å². The lowest BCUT2D eigenvalue weighted by Crippen LogP contribution is -2.26. The van der Waals surface area contributed by atoms with Crippen molar-refractivity contribution >= 4 is 41.6 Å². The number of aromatic amines is 1. The minimum atomic E-state index is -0.695. The Labute approximate surface area is 170 Å². The van der Waals surface area contributed by atoms with Gasteiger partial charge in [0.05, 0.1) is 37.3 Å². The maximum atomic E-state index is 12.5. The molecule has 0 bridgehead atoms. The SMILES string of the molecule is CBc1cc(C[C@@H](CC(=O)OCC)C(=O)OCC)c(COC(C)=O)c2cn[nH]c12. The summed E-state index contributed by atoms with van der Waals surface area (Å²) in [5.41, 5.74) is 3.48. The largest absolute Gasteiger partial charge is 0.466 e. The highest BCUT2D eigenvalue weighted by molar-refractivity contribution is 6.55. The van der Waals surface area contributed by atoms with E-state index in [9.17, 15) is 14.4 Å². The van der Waals surface area contributed by atoms with E-state index in [0.29, 0.717) is 0 Å². The summed E-state index contributed by atoms with van der Waals surface area (Å²) in [6, 6.07) is 1.97. The lowest BCUT2D eigenvalue weighted by Gasteiger charge is -2.19. The van der Waals surface area contributed by atoms with E-state index in [1.165, 1.54) is 6.92 Å². The zero-order valence-corrected chi connectivity index (χ0v) is 17.4. The van der Waals surface area contributed by atoms with Crippen molar-refractivity contribution in [2.24, 2.45) is 5.92 Å². The van der Waals surface area contributed by atoms with Gasteiger partial charge in [-0.15, -0.1) is 0 Å². The van der Waals surface area contributed by atoms with Gasteiger partial charge < -0.3 is 14.2 Å². The van der Waals surface area contributed by atoms with Crippen molar-refractivity contribution in [1.82, 2.24) is 10.2 Å². The van der Waals surface area contributed by atoms with E-state index in [4.69, 9.17) is 14.2 Å². The summed E-state index contributed by atoms with van der Waals surface area (Å²) >= 11 is 0. The van der Waals surface area contributed by atoms with Crippen LogP contribution in [0.5, 0.6) is 0 Å². The quantitative estimate of drug-likeness (QED) is 0.364. The van der Waals surface area contributed by atoms with Crippen LogP contribution in [0.4, 0.5) is 0 Å². The molecule has 29 heavy (non-hydrogen) atoms. The van der Waals surface area contributed by atoms with E-state index >= 15 is 0 Å². The Hall–Kier alpha value is -2.84. The summed E-state index contributed by atoms with van der Waals surface area (Å²) in [5, 5.41) is 7.94. The van der Waals surface area contributed by atoms with E-state index in [1.54, 1.807) is 20.0 Å². The Bertz CT molecular complexity index is 879. The predicted molar refractivity (Wildman–Crippen MR) is 109 cm³/mol. The number of fused-ring (bicyclic) bond motifs is 1. The summed E-state index contributed by atoms with van der Waals surface area (Å²) in [4.78, 5) is 35.9. The molecule has 0 aliphatic heterocycles. The molecule has 8 nitrogen and oxygen atoms in total. The Balaban J connectivity index is 2.45. The van der Waals surface area contributed by atoms with Crippen LogP contribution in [0.2, 0.25) is 6.82 Å². The molecule has 2 rings (SSSR count). The highest BCUT2D eigenvalue weighted by Crippen LogP contribution is 2.25. The molecule has 1 atom stereocenters. The number of carbonyl (C=O) groups is 3. The van der Waals surface area contributed by atoms with Crippen LogP contribution >= 0.6 is 0 Å². The maximum Gasteiger partial charge on any atom is 0.309 e. The molecular weight excluding hydrogens is 375 g/mol. The van der Waals surface area contributed by atoms with Crippen LogP contribution in [0.15, 0.2) is 12.3 Å². The first kappa shape index (κ1) is 22.5. The number of hydrogen-bond acceptors (Lipinski definition) is 7. The second kappa shape index (κ2) is 10.6. The Kier molecular flexibility index (Phi) is 8.24.